The van der Waals surface area contributed by atoms with Crippen molar-refractivity contribution < 1.29 is 28.1 Å². The molecule has 1 atom stereocenters. The Morgan fingerprint density at radius 2 is 2.15 bits per heavy atom. The number of hydrogen-bond donors (Lipinski definition) is 2. The Balaban J connectivity index is 2.95. The third-order valence-corrected chi connectivity index (χ3v) is 2.42. The first kappa shape index (κ1) is 16.2. The summed E-state index contributed by atoms with van der Waals surface area (Å²) in [4.78, 5) is 8.96. The number of nitrogens with one attached hydrogen (secondary N) is 1. The zero-order valence-electron chi connectivity index (χ0n) is 10.6. The van der Waals surface area contributed by atoms with Gasteiger partial charge >= 0.3 is 6.18 Å². The van der Waals surface area contributed by atoms with Crippen LogP contribution in [0.25, 0.3) is 0 Å². The molecule has 0 heterocycles. The van der Waals surface area contributed by atoms with E-state index in [1.54, 1.807) is 0 Å². The van der Waals surface area contributed by atoms with Crippen molar-refractivity contribution in [2.45, 2.75) is 12.2 Å². The second-order valence-electron chi connectivity index (χ2n) is 3.84. The van der Waals surface area contributed by atoms with Gasteiger partial charge in [0.1, 0.15) is 6.61 Å². The van der Waals surface area contributed by atoms with Crippen molar-refractivity contribution in [3.63, 3.8) is 0 Å². The average Bonchev–Trinajstić information content (AvgIpc) is 2.42. The number of anilines is 1. The zero-order chi connectivity index (χ0) is 15.2. The number of benzene rings is 1. The van der Waals surface area contributed by atoms with Crippen LogP contribution in [0.4, 0.5) is 18.9 Å². The summed E-state index contributed by atoms with van der Waals surface area (Å²) >= 11 is 0. The van der Waals surface area contributed by atoms with Gasteiger partial charge < -0.3 is 10.4 Å². The van der Waals surface area contributed by atoms with Gasteiger partial charge in [-0.25, -0.2) is 9.78 Å². The maximum Gasteiger partial charge on any atom is 0.417 e. The second kappa shape index (κ2) is 7.09. The Morgan fingerprint density at radius 1 is 1.45 bits per heavy atom. The SMILES string of the molecule is COOC[C@@H](CO)Nc1ccc(C#N)c(C(F)(F)F)c1. The van der Waals surface area contributed by atoms with Crippen LogP contribution in [0.2, 0.25) is 0 Å². The minimum Gasteiger partial charge on any atom is -0.394 e. The summed E-state index contributed by atoms with van der Waals surface area (Å²) in [6.45, 7) is -0.404. The number of aliphatic hydroxyl groups is 1. The molecule has 0 fully saturated rings. The van der Waals surface area contributed by atoms with Crippen molar-refractivity contribution in [3.05, 3.63) is 29.3 Å². The lowest BCUT2D eigenvalue weighted by Crippen LogP contribution is -2.29. The summed E-state index contributed by atoms with van der Waals surface area (Å²) in [7, 11) is 1.28. The van der Waals surface area contributed by atoms with E-state index < -0.39 is 23.3 Å². The topological polar surface area (TPSA) is 74.5 Å². The molecule has 1 aromatic carbocycles. The number of alkyl halides is 3. The molecule has 1 rings (SSSR count). The van der Waals surface area contributed by atoms with Crippen LogP contribution in [0.5, 0.6) is 0 Å². The summed E-state index contributed by atoms with van der Waals surface area (Å²) in [5.74, 6) is 0. The van der Waals surface area contributed by atoms with Crippen molar-refractivity contribution in [2.24, 2.45) is 0 Å². The number of halogens is 3. The molecular formula is C12H13F3N2O3. The summed E-state index contributed by atoms with van der Waals surface area (Å²) in [5.41, 5.74) is -1.37. The predicted molar refractivity (Wildman–Crippen MR) is 63.6 cm³/mol. The van der Waals surface area contributed by atoms with E-state index in [0.717, 1.165) is 12.1 Å². The molecule has 0 aliphatic rings. The number of rotatable bonds is 6. The maximum atomic E-state index is 12.8. The van der Waals surface area contributed by atoms with Crippen LogP contribution >= 0.6 is 0 Å². The zero-order valence-corrected chi connectivity index (χ0v) is 10.6. The maximum absolute atomic E-state index is 12.8. The minimum atomic E-state index is -4.62. The van der Waals surface area contributed by atoms with Gasteiger partial charge in [0.25, 0.3) is 0 Å². The highest BCUT2D eigenvalue weighted by molar-refractivity contribution is 5.53. The molecule has 1 aromatic rings. The van der Waals surface area contributed by atoms with E-state index in [4.69, 9.17) is 10.4 Å². The Morgan fingerprint density at radius 3 is 2.65 bits per heavy atom. The Bertz CT molecular complexity index is 486. The molecule has 0 radical (unpaired) electrons. The van der Waals surface area contributed by atoms with Gasteiger partial charge in [0.15, 0.2) is 0 Å². The highest BCUT2D eigenvalue weighted by Crippen LogP contribution is 2.33. The number of hydrogen-bond acceptors (Lipinski definition) is 5. The van der Waals surface area contributed by atoms with Crippen LogP contribution in [0.1, 0.15) is 11.1 Å². The molecule has 0 amide bonds. The molecule has 0 spiro atoms. The van der Waals surface area contributed by atoms with Crippen molar-refractivity contribution in [1.82, 2.24) is 0 Å². The summed E-state index contributed by atoms with van der Waals surface area (Å²) in [6, 6.07) is 4.06. The second-order valence-corrected chi connectivity index (χ2v) is 3.84. The third kappa shape index (κ3) is 4.38. The Hall–Kier alpha value is -1.82. The molecular weight excluding hydrogens is 277 g/mol. The van der Waals surface area contributed by atoms with Gasteiger partial charge in [0.05, 0.1) is 37.0 Å². The van der Waals surface area contributed by atoms with Gasteiger partial charge in [0, 0.05) is 5.69 Å². The molecule has 0 aliphatic heterocycles. The number of aliphatic hydroxyl groups excluding tert-OH is 1. The molecule has 0 saturated heterocycles. The van der Waals surface area contributed by atoms with E-state index in [1.165, 1.54) is 19.2 Å². The molecule has 8 heteroatoms. The molecule has 0 aromatic heterocycles. The Labute approximate surface area is 113 Å². The van der Waals surface area contributed by atoms with Gasteiger partial charge in [0.2, 0.25) is 0 Å². The predicted octanol–water partition coefficient (Wildman–Crippen LogP) is 1.93. The van der Waals surface area contributed by atoms with Crippen LogP contribution in [0, 0.1) is 11.3 Å². The first-order valence-corrected chi connectivity index (χ1v) is 5.56. The first-order valence-electron chi connectivity index (χ1n) is 5.56. The normalized spacial score (nSPS) is 12.8. The minimum absolute atomic E-state index is 0.0473. The summed E-state index contributed by atoms with van der Waals surface area (Å²) < 4.78 is 38.3. The van der Waals surface area contributed by atoms with Crippen LogP contribution in [0.3, 0.4) is 0 Å². The lowest BCUT2D eigenvalue weighted by atomic mass is 10.1. The molecule has 0 aliphatic carbocycles. The molecule has 110 valence electrons. The van der Waals surface area contributed by atoms with E-state index in [1.807, 2.05) is 0 Å². The van der Waals surface area contributed by atoms with Crippen LogP contribution in [0.15, 0.2) is 18.2 Å². The largest absolute Gasteiger partial charge is 0.417 e. The van der Waals surface area contributed by atoms with Crippen molar-refractivity contribution in [1.29, 1.82) is 5.26 Å². The lowest BCUT2D eigenvalue weighted by molar-refractivity contribution is -0.274. The van der Waals surface area contributed by atoms with Crippen LogP contribution in [-0.4, -0.2) is 31.5 Å². The average molecular weight is 290 g/mol. The standard InChI is InChI=1S/C12H13F3N2O3/c1-19-20-7-10(6-18)17-9-3-2-8(5-16)11(4-9)12(13,14)15/h2-4,10,17-18H,6-7H2,1H3/t10-/m1/s1. The molecule has 5 nitrogen and oxygen atoms in total. The molecule has 0 unspecified atom stereocenters. The van der Waals surface area contributed by atoms with Gasteiger partial charge in [-0.05, 0) is 18.2 Å². The summed E-state index contributed by atoms with van der Waals surface area (Å²) in [5, 5.41) is 20.4. The number of nitrogens with zero attached hydrogens (tertiary/aromatic N) is 1. The number of nitriles is 1. The van der Waals surface area contributed by atoms with E-state index in [2.05, 4.69) is 15.1 Å². The van der Waals surface area contributed by atoms with E-state index >= 15 is 0 Å². The fraction of sp³-hybridized carbons (Fsp3) is 0.417. The smallest absolute Gasteiger partial charge is 0.394 e. The molecule has 0 saturated carbocycles. The molecule has 0 bridgehead atoms. The van der Waals surface area contributed by atoms with Crippen molar-refractivity contribution in [2.75, 3.05) is 25.6 Å². The van der Waals surface area contributed by atoms with Gasteiger partial charge in [-0.15, -0.1) is 0 Å². The lowest BCUT2D eigenvalue weighted by Gasteiger charge is -2.18. The van der Waals surface area contributed by atoms with Gasteiger partial charge in [-0.1, -0.05) is 0 Å². The van der Waals surface area contributed by atoms with Crippen LogP contribution in [-0.2, 0) is 16.0 Å². The highest BCUT2D eigenvalue weighted by atomic mass is 19.4. The van der Waals surface area contributed by atoms with E-state index in [9.17, 15) is 13.2 Å². The highest BCUT2D eigenvalue weighted by Gasteiger charge is 2.33. The monoisotopic (exact) mass is 290 g/mol. The fourth-order valence-electron chi connectivity index (χ4n) is 1.49. The van der Waals surface area contributed by atoms with Crippen LogP contribution < -0.4 is 5.32 Å². The molecule has 2 N–H and O–H groups in total. The van der Waals surface area contributed by atoms with E-state index in [0.29, 0.717) is 0 Å². The van der Waals surface area contributed by atoms with Crippen molar-refractivity contribution >= 4 is 5.69 Å². The quantitative estimate of drug-likeness (QED) is 0.618. The molecule has 20 heavy (non-hydrogen) atoms. The van der Waals surface area contributed by atoms with E-state index in [-0.39, 0.29) is 18.9 Å². The fourth-order valence-corrected chi connectivity index (χ4v) is 1.49. The van der Waals surface area contributed by atoms with Gasteiger partial charge in [-0.3, -0.25) is 0 Å². The third-order valence-electron chi connectivity index (χ3n) is 2.42. The first-order chi connectivity index (χ1) is 9.42. The Kier molecular flexibility index (Phi) is 5.76. The summed E-state index contributed by atoms with van der Waals surface area (Å²) in [6.07, 6.45) is -4.62. The van der Waals surface area contributed by atoms with Gasteiger partial charge in [-0.2, -0.15) is 18.4 Å². The van der Waals surface area contributed by atoms with Crippen molar-refractivity contribution in [3.8, 4) is 6.07 Å².